The molecule has 0 N–H and O–H groups in total. The summed E-state index contributed by atoms with van der Waals surface area (Å²) in [7, 11) is 1.53. The number of benzene rings is 1. The Balaban J connectivity index is 2.52. The van der Waals surface area contributed by atoms with Gasteiger partial charge in [-0.15, -0.1) is 0 Å². The lowest BCUT2D eigenvalue weighted by atomic mass is 10.0. The van der Waals surface area contributed by atoms with Crippen molar-refractivity contribution in [3.8, 4) is 0 Å². The number of nitrogens with zero attached hydrogens (tertiary/aromatic N) is 2. The van der Waals surface area contributed by atoms with Gasteiger partial charge in [-0.05, 0) is 26.0 Å². The Morgan fingerprint density at radius 2 is 1.76 bits per heavy atom. The Morgan fingerprint density at radius 3 is 2.24 bits per heavy atom. The molecule has 17 heavy (non-hydrogen) atoms. The predicted molar refractivity (Wildman–Crippen MR) is 61.1 cm³/mol. The first kappa shape index (κ1) is 11.6. The van der Waals surface area contributed by atoms with Gasteiger partial charge in [-0.25, -0.2) is 14.1 Å². The third kappa shape index (κ3) is 1.50. The van der Waals surface area contributed by atoms with Gasteiger partial charge >= 0.3 is 6.03 Å². The quantitative estimate of drug-likeness (QED) is 0.700. The maximum atomic E-state index is 13.6. The summed E-state index contributed by atoms with van der Waals surface area (Å²) in [4.78, 5) is 26.2. The lowest BCUT2D eigenvalue weighted by Crippen LogP contribution is -2.41. The molecule has 1 aromatic carbocycles. The summed E-state index contributed by atoms with van der Waals surface area (Å²) in [5, 5.41) is 0. The van der Waals surface area contributed by atoms with Gasteiger partial charge < -0.3 is 4.90 Å². The molecule has 3 amide bonds. The van der Waals surface area contributed by atoms with Crippen molar-refractivity contribution in [2.75, 3.05) is 11.9 Å². The maximum absolute atomic E-state index is 13.6. The summed E-state index contributed by atoms with van der Waals surface area (Å²) in [6.07, 6.45) is 0. The zero-order chi connectivity index (χ0) is 12.8. The average Bonchev–Trinajstić information content (AvgIpc) is 2.43. The number of anilines is 1. The van der Waals surface area contributed by atoms with Crippen LogP contribution in [0.5, 0.6) is 0 Å². The standard InChI is InChI=1S/C12H13FN2O2/c1-12(2)10(16)15(11(17)14(12)3)9-7-5-4-6-8(9)13/h4-7H,1-3H3. The zero-order valence-corrected chi connectivity index (χ0v) is 9.90. The molecular weight excluding hydrogens is 223 g/mol. The van der Waals surface area contributed by atoms with Crippen LogP contribution in [0.2, 0.25) is 0 Å². The molecule has 1 saturated heterocycles. The van der Waals surface area contributed by atoms with Gasteiger partial charge in [0.25, 0.3) is 5.91 Å². The first-order valence-electron chi connectivity index (χ1n) is 5.24. The molecule has 5 heteroatoms. The molecule has 0 bridgehead atoms. The van der Waals surface area contributed by atoms with E-state index < -0.39 is 23.3 Å². The molecule has 0 unspecified atom stereocenters. The molecule has 4 nitrogen and oxygen atoms in total. The predicted octanol–water partition coefficient (Wildman–Crippen LogP) is 2.00. The minimum atomic E-state index is -0.945. The summed E-state index contributed by atoms with van der Waals surface area (Å²) in [6.45, 7) is 3.27. The number of rotatable bonds is 1. The summed E-state index contributed by atoms with van der Waals surface area (Å²) >= 11 is 0. The monoisotopic (exact) mass is 236 g/mol. The number of hydrogen-bond acceptors (Lipinski definition) is 2. The maximum Gasteiger partial charge on any atom is 0.332 e. The van der Waals surface area contributed by atoms with Crippen LogP contribution < -0.4 is 4.90 Å². The van der Waals surface area contributed by atoms with E-state index in [1.165, 1.54) is 30.1 Å². The van der Waals surface area contributed by atoms with Crippen LogP contribution in [0.25, 0.3) is 0 Å². The van der Waals surface area contributed by atoms with Crippen molar-refractivity contribution < 1.29 is 14.0 Å². The number of carbonyl (C=O) groups excluding carboxylic acids is 2. The molecule has 1 aliphatic rings. The van der Waals surface area contributed by atoms with Crippen molar-refractivity contribution in [3.63, 3.8) is 0 Å². The fourth-order valence-corrected chi connectivity index (χ4v) is 1.74. The van der Waals surface area contributed by atoms with Crippen LogP contribution in [0.3, 0.4) is 0 Å². The zero-order valence-electron chi connectivity index (χ0n) is 9.90. The Hall–Kier alpha value is -1.91. The molecule has 0 atom stereocenters. The van der Waals surface area contributed by atoms with Gasteiger partial charge in [0.2, 0.25) is 0 Å². The van der Waals surface area contributed by atoms with Crippen LogP contribution in [0.4, 0.5) is 14.9 Å². The molecule has 0 spiro atoms. The number of imide groups is 1. The van der Waals surface area contributed by atoms with Crippen LogP contribution >= 0.6 is 0 Å². The normalized spacial score (nSPS) is 19.1. The molecule has 0 aromatic heterocycles. The highest BCUT2D eigenvalue weighted by atomic mass is 19.1. The van der Waals surface area contributed by atoms with Gasteiger partial charge in [0, 0.05) is 7.05 Å². The Bertz CT molecular complexity index is 499. The van der Waals surface area contributed by atoms with Crippen molar-refractivity contribution in [2.24, 2.45) is 0 Å². The van der Waals surface area contributed by atoms with Crippen molar-refractivity contribution in [3.05, 3.63) is 30.1 Å². The van der Waals surface area contributed by atoms with Gasteiger partial charge in [-0.3, -0.25) is 4.79 Å². The fourth-order valence-electron chi connectivity index (χ4n) is 1.74. The van der Waals surface area contributed by atoms with E-state index in [1.54, 1.807) is 19.9 Å². The van der Waals surface area contributed by atoms with Gasteiger partial charge in [0.15, 0.2) is 0 Å². The Labute approximate surface area is 98.6 Å². The molecule has 1 aliphatic heterocycles. The molecule has 1 heterocycles. The number of hydrogen-bond donors (Lipinski definition) is 0. The highest BCUT2D eigenvalue weighted by Gasteiger charge is 2.50. The Morgan fingerprint density at radius 1 is 1.18 bits per heavy atom. The molecule has 90 valence electrons. The van der Waals surface area contributed by atoms with Crippen molar-refractivity contribution in [2.45, 2.75) is 19.4 Å². The number of halogens is 1. The van der Waals surface area contributed by atoms with Gasteiger partial charge in [-0.1, -0.05) is 12.1 Å². The molecule has 0 saturated carbocycles. The first-order valence-corrected chi connectivity index (χ1v) is 5.24. The van der Waals surface area contributed by atoms with E-state index in [1.807, 2.05) is 0 Å². The van der Waals surface area contributed by atoms with Crippen LogP contribution in [-0.4, -0.2) is 29.4 Å². The Kier molecular flexibility index (Phi) is 2.41. The lowest BCUT2D eigenvalue weighted by molar-refractivity contribution is -0.123. The molecular formula is C12H13FN2O2. The van der Waals surface area contributed by atoms with Gasteiger partial charge in [0.1, 0.15) is 11.4 Å². The summed E-state index contributed by atoms with van der Waals surface area (Å²) in [5.41, 5.74) is -0.945. The third-order valence-corrected chi connectivity index (χ3v) is 3.14. The first-order chi connectivity index (χ1) is 7.87. The summed E-state index contributed by atoms with van der Waals surface area (Å²) in [5.74, 6) is -1.00. The summed E-state index contributed by atoms with van der Waals surface area (Å²) < 4.78 is 13.6. The topological polar surface area (TPSA) is 40.6 Å². The average molecular weight is 236 g/mol. The van der Waals surface area contributed by atoms with Crippen molar-refractivity contribution >= 4 is 17.6 Å². The second-order valence-electron chi connectivity index (χ2n) is 4.49. The van der Waals surface area contributed by atoms with E-state index >= 15 is 0 Å². The largest absolute Gasteiger partial charge is 0.332 e. The van der Waals surface area contributed by atoms with E-state index in [0.29, 0.717) is 0 Å². The number of para-hydroxylation sites is 1. The van der Waals surface area contributed by atoms with E-state index in [4.69, 9.17) is 0 Å². The smallest absolute Gasteiger partial charge is 0.313 e. The molecule has 1 fully saturated rings. The number of amides is 3. The second-order valence-corrected chi connectivity index (χ2v) is 4.49. The second kappa shape index (κ2) is 3.55. The molecule has 0 aliphatic carbocycles. The van der Waals surface area contributed by atoms with E-state index in [9.17, 15) is 14.0 Å². The highest BCUT2D eigenvalue weighted by Crippen LogP contribution is 2.31. The highest BCUT2D eigenvalue weighted by molar-refractivity contribution is 6.22. The third-order valence-electron chi connectivity index (χ3n) is 3.14. The minimum absolute atomic E-state index is 0.0000694. The van der Waals surface area contributed by atoms with Gasteiger partial charge in [0.05, 0.1) is 5.69 Å². The SMILES string of the molecule is CN1C(=O)N(c2ccccc2F)C(=O)C1(C)C. The molecule has 0 radical (unpaired) electrons. The molecule has 2 rings (SSSR count). The van der Waals surface area contributed by atoms with E-state index in [-0.39, 0.29) is 5.69 Å². The van der Waals surface area contributed by atoms with Crippen LogP contribution in [0, 0.1) is 5.82 Å². The van der Waals surface area contributed by atoms with E-state index in [2.05, 4.69) is 0 Å². The summed E-state index contributed by atoms with van der Waals surface area (Å²) in [6, 6.07) is 5.23. The van der Waals surface area contributed by atoms with Crippen LogP contribution in [-0.2, 0) is 4.79 Å². The van der Waals surface area contributed by atoms with Gasteiger partial charge in [-0.2, -0.15) is 0 Å². The van der Waals surface area contributed by atoms with Crippen LogP contribution in [0.1, 0.15) is 13.8 Å². The van der Waals surface area contributed by atoms with Crippen molar-refractivity contribution in [1.29, 1.82) is 0 Å². The molecule has 1 aromatic rings. The minimum Gasteiger partial charge on any atom is -0.313 e. The fraction of sp³-hybridized carbons (Fsp3) is 0.333. The van der Waals surface area contributed by atoms with Crippen LogP contribution in [0.15, 0.2) is 24.3 Å². The number of urea groups is 1. The lowest BCUT2D eigenvalue weighted by Gasteiger charge is -2.22. The number of carbonyl (C=O) groups is 2. The van der Waals surface area contributed by atoms with Crippen molar-refractivity contribution in [1.82, 2.24) is 4.90 Å². The van der Waals surface area contributed by atoms with E-state index in [0.717, 1.165) is 4.90 Å². The number of likely N-dealkylation sites (N-methyl/N-ethyl adjacent to an activating group) is 1.